The van der Waals surface area contributed by atoms with E-state index in [0.29, 0.717) is 25.7 Å². The molecule has 0 aromatic carbocycles. The molecule has 4 unspecified atom stereocenters. The average Bonchev–Trinajstić information content (AvgIpc) is 0.900. The molecule has 0 aromatic heterocycles. The Bertz CT molecular complexity index is 2190. The summed E-state index contributed by atoms with van der Waals surface area (Å²) in [7, 11) is -9.94. The van der Waals surface area contributed by atoms with Crippen LogP contribution in [0.3, 0.4) is 0 Å². The standard InChI is InChI=1S/C95H186O17P2/c1-8-11-12-13-14-15-16-17-18-19-20-21-22-26-32-37-42-47-55-62-69-76-92(97)105-82-90(111-94(99)78-71-64-57-48-43-38-33-27-24-23-25-31-36-41-46-53-60-67-74-87(6)9-2)84-109-113(101,102)107-80-89(96)81-108-114(103,104)110-85-91(83-106-93(98)77-70-63-56-51-50-54-61-68-75-88(7)10-3)112-95(100)79-72-65-58-49-44-39-34-29-28-30-35-40-45-52-59-66-73-86(4)5/h86-91,96H,8-85H2,1-7H3,(H,101,102)(H,103,104)/t87?,88?,89-,90-,91-/m1/s1. The second kappa shape index (κ2) is 84.7. The number of hydrogen-bond acceptors (Lipinski definition) is 15. The van der Waals surface area contributed by atoms with E-state index in [2.05, 4.69) is 48.5 Å². The van der Waals surface area contributed by atoms with Crippen LogP contribution < -0.4 is 0 Å². The predicted octanol–water partition coefficient (Wildman–Crippen LogP) is 29.6. The lowest BCUT2D eigenvalue weighted by Gasteiger charge is -2.21. The summed E-state index contributed by atoms with van der Waals surface area (Å²) in [5, 5.41) is 10.7. The van der Waals surface area contributed by atoms with Crippen LogP contribution in [-0.2, 0) is 65.4 Å². The Hall–Kier alpha value is -1.94. The average molecular weight is 1660 g/mol. The van der Waals surface area contributed by atoms with Crippen molar-refractivity contribution < 1.29 is 80.2 Å². The van der Waals surface area contributed by atoms with Gasteiger partial charge in [-0.3, -0.25) is 37.3 Å². The summed E-state index contributed by atoms with van der Waals surface area (Å²) < 4.78 is 69.2. The molecule has 0 aliphatic rings. The molecule has 0 heterocycles. The van der Waals surface area contributed by atoms with Crippen LogP contribution in [0.25, 0.3) is 0 Å². The molecule has 0 rings (SSSR count). The van der Waals surface area contributed by atoms with Crippen LogP contribution in [-0.4, -0.2) is 96.7 Å². The minimum Gasteiger partial charge on any atom is -0.462 e. The molecule has 0 aliphatic carbocycles. The van der Waals surface area contributed by atoms with Crippen molar-refractivity contribution in [3.05, 3.63) is 0 Å². The molecule has 0 aliphatic heterocycles. The molecule has 0 spiro atoms. The van der Waals surface area contributed by atoms with Gasteiger partial charge in [-0.05, 0) is 43.4 Å². The second-order valence-electron chi connectivity index (χ2n) is 35.1. The zero-order valence-corrected chi connectivity index (χ0v) is 77.4. The van der Waals surface area contributed by atoms with Gasteiger partial charge in [0.1, 0.15) is 19.3 Å². The number of carbonyl (C=O) groups is 4. The Morgan fingerprint density at radius 2 is 0.447 bits per heavy atom. The van der Waals surface area contributed by atoms with Gasteiger partial charge in [-0.2, -0.15) is 0 Å². The van der Waals surface area contributed by atoms with Gasteiger partial charge in [0.15, 0.2) is 12.2 Å². The molecule has 3 N–H and O–H groups in total. The Morgan fingerprint density at radius 3 is 0.667 bits per heavy atom. The van der Waals surface area contributed by atoms with Crippen LogP contribution in [0.5, 0.6) is 0 Å². The molecule has 0 fully saturated rings. The van der Waals surface area contributed by atoms with Crippen molar-refractivity contribution in [1.82, 2.24) is 0 Å². The third-order valence-corrected chi connectivity index (χ3v) is 25.0. The maximum Gasteiger partial charge on any atom is 0.472 e. The van der Waals surface area contributed by atoms with E-state index in [4.69, 9.17) is 37.0 Å². The second-order valence-corrected chi connectivity index (χ2v) is 38.0. The van der Waals surface area contributed by atoms with E-state index in [1.54, 1.807) is 0 Å². The fourth-order valence-corrected chi connectivity index (χ4v) is 16.5. The quantitative estimate of drug-likeness (QED) is 0.0222. The highest BCUT2D eigenvalue weighted by atomic mass is 31.2. The molecule has 114 heavy (non-hydrogen) atoms. The van der Waals surface area contributed by atoms with E-state index in [9.17, 15) is 43.2 Å². The van der Waals surface area contributed by atoms with E-state index in [1.165, 1.54) is 321 Å². The number of aliphatic hydroxyl groups excluding tert-OH is 1. The smallest absolute Gasteiger partial charge is 0.462 e. The Morgan fingerprint density at radius 1 is 0.254 bits per heavy atom. The molecule has 678 valence electrons. The van der Waals surface area contributed by atoms with E-state index < -0.39 is 97.5 Å². The Labute approximate surface area is 702 Å². The van der Waals surface area contributed by atoms with Gasteiger partial charge >= 0.3 is 39.5 Å². The maximum atomic E-state index is 13.2. The summed E-state index contributed by atoms with van der Waals surface area (Å²) in [5.41, 5.74) is 0. The minimum absolute atomic E-state index is 0.108. The van der Waals surface area contributed by atoms with Crippen molar-refractivity contribution in [2.45, 2.75) is 529 Å². The zero-order valence-electron chi connectivity index (χ0n) is 75.6. The van der Waals surface area contributed by atoms with Gasteiger partial charge in [-0.15, -0.1) is 0 Å². The summed E-state index contributed by atoms with van der Waals surface area (Å²) in [6, 6.07) is 0. The van der Waals surface area contributed by atoms with E-state index in [1.807, 2.05) is 0 Å². The first-order valence-corrected chi connectivity index (χ1v) is 51.9. The number of carbonyl (C=O) groups excluding carboxylic acids is 4. The number of unbranched alkanes of at least 4 members (excludes halogenated alkanes) is 59. The molecule has 0 amide bonds. The molecule has 0 saturated carbocycles. The third kappa shape index (κ3) is 85.1. The summed E-state index contributed by atoms with van der Waals surface area (Å²) >= 11 is 0. The number of hydrogen-bond donors (Lipinski definition) is 3. The fourth-order valence-electron chi connectivity index (χ4n) is 14.9. The van der Waals surface area contributed by atoms with Crippen LogP contribution >= 0.6 is 15.6 Å². The molecule has 0 bridgehead atoms. The van der Waals surface area contributed by atoms with Gasteiger partial charge in [-0.25, -0.2) is 9.13 Å². The lowest BCUT2D eigenvalue weighted by atomic mass is 9.99. The first-order valence-electron chi connectivity index (χ1n) is 48.9. The highest BCUT2D eigenvalue weighted by Crippen LogP contribution is 2.45. The van der Waals surface area contributed by atoms with Crippen LogP contribution in [0.4, 0.5) is 0 Å². The van der Waals surface area contributed by atoms with Crippen LogP contribution in [0, 0.1) is 17.8 Å². The summed E-state index contributed by atoms with van der Waals surface area (Å²) in [6.07, 6.45) is 79.2. The molecule has 0 aromatic rings. The SMILES string of the molecule is CCCCCCCCCCCCCCCCCCCCCCCC(=O)OC[C@H](COP(=O)(O)OC[C@@H](O)COP(=O)(O)OC[C@@H](COC(=O)CCCCCCCCCCC(C)CC)OC(=O)CCCCCCCCCCCCCCCCCCC(C)C)OC(=O)CCCCCCCCCCCCCCCCCCCCC(C)CC. The van der Waals surface area contributed by atoms with Crippen molar-refractivity contribution >= 4 is 39.5 Å². The molecular formula is C95H186O17P2. The fraction of sp³-hybridized carbons (Fsp3) is 0.958. The number of rotatable bonds is 93. The number of phosphoric acid groups is 2. The van der Waals surface area contributed by atoms with E-state index in [0.717, 1.165) is 108 Å². The van der Waals surface area contributed by atoms with E-state index in [-0.39, 0.29) is 25.7 Å². The third-order valence-electron chi connectivity index (χ3n) is 23.1. The number of phosphoric ester groups is 2. The van der Waals surface area contributed by atoms with E-state index >= 15 is 0 Å². The normalized spacial score (nSPS) is 14.2. The van der Waals surface area contributed by atoms with Gasteiger partial charge in [0, 0.05) is 25.7 Å². The number of esters is 4. The number of aliphatic hydroxyl groups is 1. The maximum absolute atomic E-state index is 13.2. The Balaban J connectivity index is 5.25. The van der Waals surface area contributed by atoms with Crippen molar-refractivity contribution in [1.29, 1.82) is 0 Å². The minimum atomic E-state index is -4.97. The van der Waals surface area contributed by atoms with Gasteiger partial charge in [0.2, 0.25) is 0 Å². The Kier molecular flexibility index (Phi) is 83.2. The number of ether oxygens (including phenoxy) is 4. The highest BCUT2D eigenvalue weighted by Gasteiger charge is 2.31. The van der Waals surface area contributed by atoms with Gasteiger partial charge < -0.3 is 33.8 Å². The van der Waals surface area contributed by atoms with Crippen molar-refractivity contribution in [3.8, 4) is 0 Å². The van der Waals surface area contributed by atoms with Gasteiger partial charge in [0.05, 0.1) is 26.4 Å². The first-order chi connectivity index (χ1) is 55.3. The molecule has 7 atom stereocenters. The largest absolute Gasteiger partial charge is 0.472 e. The molecule has 0 saturated heterocycles. The topological polar surface area (TPSA) is 237 Å². The summed E-state index contributed by atoms with van der Waals surface area (Å²) in [4.78, 5) is 73.6. The molecule has 19 heteroatoms. The van der Waals surface area contributed by atoms with Crippen LogP contribution in [0.2, 0.25) is 0 Å². The lowest BCUT2D eigenvalue weighted by Crippen LogP contribution is -2.30. The molecule has 0 radical (unpaired) electrons. The zero-order chi connectivity index (χ0) is 83.6. The summed E-state index contributed by atoms with van der Waals surface area (Å²) in [6.45, 7) is 12.1. The van der Waals surface area contributed by atoms with Crippen molar-refractivity contribution in [2.24, 2.45) is 17.8 Å². The molecular weight excluding hydrogens is 1470 g/mol. The van der Waals surface area contributed by atoms with Crippen molar-refractivity contribution in [2.75, 3.05) is 39.6 Å². The predicted molar refractivity (Wildman–Crippen MR) is 474 cm³/mol. The van der Waals surface area contributed by atoms with Crippen LogP contribution in [0.1, 0.15) is 511 Å². The van der Waals surface area contributed by atoms with Crippen molar-refractivity contribution in [3.63, 3.8) is 0 Å². The summed E-state index contributed by atoms with van der Waals surface area (Å²) in [5.74, 6) is 0.363. The monoisotopic (exact) mass is 1660 g/mol. The lowest BCUT2D eigenvalue weighted by molar-refractivity contribution is -0.161. The van der Waals surface area contributed by atoms with Crippen LogP contribution in [0.15, 0.2) is 0 Å². The van der Waals surface area contributed by atoms with Gasteiger partial charge in [-0.1, -0.05) is 459 Å². The van der Waals surface area contributed by atoms with Gasteiger partial charge in [0.25, 0.3) is 0 Å². The molecule has 17 nitrogen and oxygen atoms in total. The highest BCUT2D eigenvalue weighted by molar-refractivity contribution is 7.47. The first kappa shape index (κ1) is 112.